The minimum Gasteiger partial charge on any atom is -0.487 e. The highest BCUT2D eigenvalue weighted by molar-refractivity contribution is 7.09. The number of fused-ring (bicyclic) bond motifs is 1. The van der Waals surface area contributed by atoms with Crippen LogP contribution in [0.2, 0.25) is 0 Å². The molecule has 3 aromatic heterocycles. The van der Waals surface area contributed by atoms with Crippen molar-refractivity contribution in [1.82, 2.24) is 24.9 Å². The third-order valence-corrected chi connectivity index (χ3v) is 5.23. The number of hydrogen-bond acceptors (Lipinski definition) is 6. The zero-order valence-electron chi connectivity index (χ0n) is 16.5. The van der Waals surface area contributed by atoms with E-state index in [0.717, 1.165) is 27.7 Å². The van der Waals surface area contributed by atoms with Crippen LogP contribution in [0.4, 0.5) is 0 Å². The van der Waals surface area contributed by atoms with E-state index in [1.54, 1.807) is 17.4 Å². The van der Waals surface area contributed by atoms with Gasteiger partial charge in [0.2, 0.25) is 5.91 Å². The lowest BCUT2D eigenvalue weighted by atomic mass is 10.2. The second-order valence-electron chi connectivity index (χ2n) is 6.60. The van der Waals surface area contributed by atoms with Gasteiger partial charge in [-0.25, -0.2) is 4.98 Å². The summed E-state index contributed by atoms with van der Waals surface area (Å²) in [5.74, 6) is 1.35. The molecule has 0 saturated heterocycles. The lowest BCUT2D eigenvalue weighted by molar-refractivity contribution is -0.116. The highest BCUT2D eigenvalue weighted by atomic mass is 32.1. The summed E-state index contributed by atoms with van der Waals surface area (Å²) in [6.45, 7) is 2.84. The second kappa shape index (κ2) is 9.32. The first-order valence-electron chi connectivity index (χ1n) is 9.56. The lowest BCUT2D eigenvalue weighted by Gasteiger charge is -2.07. The molecule has 4 rings (SSSR count). The van der Waals surface area contributed by atoms with Crippen LogP contribution in [0.15, 0.2) is 60.1 Å². The number of thiazole rings is 1. The molecule has 0 spiro atoms. The summed E-state index contributed by atoms with van der Waals surface area (Å²) in [7, 11) is 0. The third kappa shape index (κ3) is 4.90. The number of benzene rings is 1. The van der Waals surface area contributed by atoms with Crippen molar-refractivity contribution in [2.75, 3.05) is 6.54 Å². The Morgan fingerprint density at radius 1 is 1.20 bits per heavy atom. The number of nitrogens with zero attached hydrogens (tertiary/aromatic N) is 4. The molecular weight excluding hydrogens is 398 g/mol. The minimum atomic E-state index is -0.172. The Kier molecular flexibility index (Phi) is 6.14. The molecule has 30 heavy (non-hydrogen) atoms. The molecule has 0 saturated carbocycles. The maximum absolute atomic E-state index is 12.2. The van der Waals surface area contributed by atoms with E-state index in [4.69, 9.17) is 4.74 Å². The number of carbonyl (C=O) groups is 1. The standard InChI is InChI=1S/C22H21N5O2S/c1-16-24-18(15-30-16)14-29-19-7-3-2-6-17(19)9-10-22(28)23-12-11-21-26-25-20-8-4-5-13-27(20)21/h2-10,13,15H,11-12,14H2,1H3,(H,23,28)/b10-9+. The Labute approximate surface area is 178 Å². The quantitative estimate of drug-likeness (QED) is 0.443. The summed E-state index contributed by atoms with van der Waals surface area (Å²) in [4.78, 5) is 16.6. The van der Waals surface area contributed by atoms with Crippen molar-refractivity contribution < 1.29 is 9.53 Å². The fourth-order valence-electron chi connectivity index (χ4n) is 2.96. The van der Waals surface area contributed by atoms with Crippen molar-refractivity contribution in [3.63, 3.8) is 0 Å². The molecule has 0 unspecified atom stereocenters. The van der Waals surface area contributed by atoms with Crippen molar-refractivity contribution in [3.8, 4) is 5.75 Å². The van der Waals surface area contributed by atoms with Crippen LogP contribution in [-0.2, 0) is 17.8 Å². The van der Waals surface area contributed by atoms with Crippen molar-refractivity contribution >= 4 is 29.0 Å². The Morgan fingerprint density at radius 3 is 2.93 bits per heavy atom. The number of ether oxygens (including phenoxy) is 1. The number of pyridine rings is 1. The number of amides is 1. The highest BCUT2D eigenvalue weighted by Gasteiger charge is 2.06. The van der Waals surface area contributed by atoms with Crippen molar-refractivity contribution in [3.05, 3.63) is 82.2 Å². The zero-order chi connectivity index (χ0) is 20.8. The molecule has 7 nitrogen and oxygen atoms in total. The maximum Gasteiger partial charge on any atom is 0.244 e. The minimum absolute atomic E-state index is 0.172. The van der Waals surface area contributed by atoms with E-state index in [2.05, 4.69) is 20.5 Å². The zero-order valence-corrected chi connectivity index (χ0v) is 17.3. The Bertz CT molecular complexity index is 1180. The van der Waals surface area contributed by atoms with Gasteiger partial charge in [-0.15, -0.1) is 21.5 Å². The molecular formula is C22H21N5O2S. The molecule has 0 aliphatic rings. The van der Waals surface area contributed by atoms with Gasteiger partial charge in [0.05, 0.1) is 10.7 Å². The van der Waals surface area contributed by atoms with E-state index < -0.39 is 0 Å². The molecule has 0 atom stereocenters. The molecule has 0 aliphatic heterocycles. The number of rotatable bonds is 8. The first kappa shape index (κ1) is 19.8. The van der Waals surface area contributed by atoms with Crippen LogP contribution in [0.1, 0.15) is 22.1 Å². The van der Waals surface area contributed by atoms with Gasteiger partial charge in [-0.3, -0.25) is 9.20 Å². The SMILES string of the molecule is Cc1nc(COc2ccccc2/C=C/C(=O)NCCc2nnc3ccccn23)cs1. The predicted octanol–water partition coefficient (Wildman–Crippen LogP) is 3.45. The second-order valence-corrected chi connectivity index (χ2v) is 7.67. The molecule has 1 N–H and O–H groups in total. The van der Waals surface area contributed by atoms with E-state index in [1.165, 1.54) is 6.08 Å². The van der Waals surface area contributed by atoms with Gasteiger partial charge in [-0.2, -0.15) is 0 Å². The van der Waals surface area contributed by atoms with Crippen molar-refractivity contribution in [2.24, 2.45) is 0 Å². The van der Waals surface area contributed by atoms with Gasteiger partial charge >= 0.3 is 0 Å². The monoisotopic (exact) mass is 419 g/mol. The first-order valence-corrected chi connectivity index (χ1v) is 10.4. The van der Waals surface area contributed by atoms with Crippen LogP contribution in [0.5, 0.6) is 5.75 Å². The largest absolute Gasteiger partial charge is 0.487 e. The Hall–Kier alpha value is -3.52. The van der Waals surface area contributed by atoms with Gasteiger partial charge in [0.1, 0.15) is 18.2 Å². The fraction of sp³-hybridized carbons (Fsp3) is 0.182. The summed E-state index contributed by atoms with van der Waals surface area (Å²) in [5.41, 5.74) is 2.53. The summed E-state index contributed by atoms with van der Waals surface area (Å²) in [5, 5.41) is 14.2. The Morgan fingerprint density at radius 2 is 2.07 bits per heavy atom. The molecule has 3 heterocycles. The Balaban J connectivity index is 1.31. The molecule has 4 aromatic rings. The molecule has 152 valence electrons. The van der Waals surface area contributed by atoms with E-state index >= 15 is 0 Å². The number of aryl methyl sites for hydroxylation is 1. The van der Waals surface area contributed by atoms with E-state index in [1.807, 2.05) is 65.4 Å². The van der Waals surface area contributed by atoms with E-state index in [9.17, 15) is 4.79 Å². The predicted molar refractivity (Wildman–Crippen MR) is 116 cm³/mol. The fourth-order valence-corrected chi connectivity index (χ4v) is 3.56. The van der Waals surface area contributed by atoms with Crippen LogP contribution < -0.4 is 10.1 Å². The van der Waals surface area contributed by atoms with Gasteiger partial charge < -0.3 is 10.1 Å². The van der Waals surface area contributed by atoms with Gasteiger partial charge in [-0.1, -0.05) is 24.3 Å². The number of aromatic nitrogens is 4. The molecule has 0 fully saturated rings. The highest BCUT2D eigenvalue weighted by Crippen LogP contribution is 2.21. The molecule has 0 bridgehead atoms. The molecule has 0 radical (unpaired) electrons. The molecule has 8 heteroatoms. The molecule has 0 aliphatic carbocycles. The van der Waals surface area contributed by atoms with E-state index in [0.29, 0.717) is 25.3 Å². The topological polar surface area (TPSA) is 81.4 Å². The summed E-state index contributed by atoms with van der Waals surface area (Å²) >= 11 is 1.60. The van der Waals surface area contributed by atoms with Crippen LogP contribution in [0.3, 0.4) is 0 Å². The maximum atomic E-state index is 12.2. The average Bonchev–Trinajstić information content (AvgIpc) is 3.37. The van der Waals surface area contributed by atoms with Gasteiger partial charge in [-0.05, 0) is 31.2 Å². The van der Waals surface area contributed by atoms with Gasteiger partial charge in [0.25, 0.3) is 0 Å². The summed E-state index contributed by atoms with van der Waals surface area (Å²) in [6.07, 6.45) is 5.77. The average molecular weight is 420 g/mol. The van der Waals surface area contributed by atoms with Crippen LogP contribution >= 0.6 is 11.3 Å². The van der Waals surface area contributed by atoms with Crippen molar-refractivity contribution in [2.45, 2.75) is 20.0 Å². The number of nitrogens with one attached hydrogen (secondary N) is 1. The van der Waals surface area contributed by atoms with Crippen molar-refractivity contribution in [1.29, 1.82) is 0 Å². The number of carbonyl (C=O) groups excluding carboxylic acids is 1. The first-order chi connectivity index (χ1) is 14.7. The smallest absolute Gasteiger partial charge is 0.244 e. The van der Waals surface area contributed by atoms with Gasteiger partial charge in [0, 0.05) is 36.2 Å². The third-order valence-electron chi connectivity index (χ3n) is 4.41. The van der Waals surface area contributed by atoms with Crippen LogP contribution in [0, 0.1) is 6.92 Å². The number of hydrogen-bond donors (Lipinski definition) is 1. The summed E-state index contributed by atoms with van der Waals surface area (Å²) < 4.78 is 7.80. The normalized spacial score (nSPS) is 11.2. The lowest BCUT2D eigenvalue weighted by Crippen LogP contribution is -2.24. The van der Waals surface area contributed by atoms with Crippen LogP contribution in [-0.4, -0.2) is 32.0 Å². The van der Waals surface area contributed by atoms with Gasteiger partial charge in [0.15, 0.2) is 5.65 Å². The van der Waals surface area contributed by atoms with Crippen LogP contribution in [0.25, 0.3) is 11.7 Å². The number of para-hydroxylation sites is 1. The molecule has 1 amide bonds. The molecule has 1 aromatic carbocycles. The van der Waals surface area contributed by atoms with E-state index in [-0.39, 0.29) is 5.91 Å². The summed E-state index contributed by atoms with van der Waals surface area (Å²) in [6, 6.07) is 13.3.